The molecule has 5 heteroatoms. The van der Waals surface area contributed by atoms with Gasteiger partial charge in [0.2, 0.25) is 0 Å². The van der Waals surface area contributed by atoms with Crippen LogP contribution in [0, 0.1) is 0 Å². The van der Waals surface area contributed by atoms with Crippen LogP contribution >= 0.6 is 0 Å². The average Bonchev–Trinajstić information content (AvgIpc) is 2.46. The second-order valence-corrected chi connectivity index (χ2v) is 3.17. The van der Waals surface area contributed by atoms with E-state index in [9.17, 15) is 9.18 Å². The van der Waals surface area contributed by atoms with Gasteiger partial charge in [0.15, 0.2) is 5.69 Å². The number of halogens is 1. The highest BCUT2D eigenvalue weighted by Crippen LogP contribution is 2.24. The molecule has 0 aliphatic heterocycles. The number of rotatable bonds is 1. The van der Waals surface area contributed by atoms with Crippen LogP contribution in [0.2, 0.25) is 0 Å². The Morgan fingerprint density at radius 2 is 2.46 bits per heavy atom. The SMILES string of the molecule is O=C(O)c1n[nH]c2c1CC(F)CC2. The van der Waals surface area contributed by atoms with Crippen molar-refractivity contribution in [1.82, 2.24) is 10.2 Å². The van der Waals surface area contributed by atoms with E-state index in [1.807, 2.05) is 0 Å². The Bertz CT molecular complexity index is 348. The van der Waals surface area contributed by atoms with Crippen molar-refractivity contribution in [2.24, 2.45) is 0 Å². The highest BCUT2D eigenvalue weighted by atomic mass is 19.1. The number of aromatic nitrogens is 2. The van der Waals surface area contributed by atoms with E-state index in [0.29, 0.717) is 18.4 Å². The van der Waals surface area contributed by atoms with Gasteiger partial charge >= 0.3 is 5.97 Å². The van der Waals surface area contributed by atoms with Gasteiger partial charge in [0, 0.05) is 17.7 Å². The molecular weight excluding hydrogens is 175 g/mol. The summed E-state index contributed by atoms with van der Waals surface area (Å²) in [6.45, 7) is 0. The number of carboxylic acids is 1. The van der Waals surface area contributed by atoms with Gasteiger partial charge < -0.3 is 5.11 Å². The number of alkyl halides is 1. The quantitative estimate of drug-likeness (QED) is 0.682. The summed E-state index contributed by atoms with van der Waals surface area (Å²) in [7, 11) is 0. The number of carboxylic acid groups (broad SMARTS) is 1. The number of aryl methyl sites for hydroxylation is 1. The second kappa shape index (κ2) is 2.83. The van der Waals surface area contributed by atoms with Gasteiger partial charge in [-0.15, -0.1) is 0 Å². The van der Waals surface area contributed by atoms with E-state index in [-0.39, 0.29) is 12.1 Å². The fraction of sp³-hybridized carbons (Fsp3) is 0.500. The third kappa shape index (κ3) is 1.30. The highest BCUT2D eigenvalue weighted by Gasteiger charge is 2.25. The van der Waals surface area contributed by atoms with Crippen LogP contribution in [0.3, 0.4) is 0 Å². The van der Waals surface area contributed by atoms with Gasteiger partial charge in [-0.1, -0.05) is 0 Å². The molecule has 0 radical (unpaired) electrons. The minimum absolute atomic E-state index is 0.0302. The van der Waals surface area contributed by atoms with Crippen LogP contribution in [0.1, 0.15) is 28.2 Å². The van der Waals surface area contributed by atoms with Crippen molar-refractivity contribution in [3.05, 3.63) is 17.0 Å². The fourth-order valence-electron chi connectivity index (χ4n) is 1.63. The lowest BCUT2D eigenvalue weighted by Gasteiger charge is -2.14. The molecule has 4 nitrogen and oxygen atoms in total. The topological polar surface area (TPSA) is 66.0 Å². The molecular formula is C8H9FN2O2. The van der Waals surface area contributed by atoms with Crippen molar-refractivity contribution in [3.8, 4) is 0 Å². The zero-order chi connectivity index (χ0) is 9.42. The summed E-state index contributed by atoms with van der Waals surface area (Å²) in [4.78, 5) is 10.6. The van der Waals surface area contributed by atoms with Crippen LogP contribution in [-0.4, -0.2) is 27.4 Å². The number of carbonyl (C=O) groups is 1. The Kier molecular flexibility index (Phi) is 1.79. The lowest BCUT2D eigenvalue weighted by Crippen LogP contribution is -2.16. The average molecular weight is 184 g/mol. The molecule has 1 atom stereocenters. The summed E-state index contributed by atoms with van der Waals surface area (Å²) < 4.78 is 12.9. The van der Waals surface area contributed by atoms with Gasteiger partial charge in [0.25, 0.3) is 0 Å². The van der Waals surface area contributed by atoms with Gasteiger partial charge in [-0.05, 0) is 12.8 Å². The zero-order valence-corrected chi connectivity index (χ0v) is 6.88. The van der Waals surface area contributed by atoms with Crippen LogP contribution in [0.25, 0.3) is 0 Å². The molecule has 1 unspecified atom stereocenters. The molecule has 1 aliphatic rings. The molecule has 0 bridgehead atoms. The Hall–Kier alpha value is -1.39. The molecule has 2 N–H and O–H groups in total. The van der Waals surface area contributed by atoms with E-state index < -0.39 is 12.1 Å². The Morgan fingerprint density at radius 3 is 3.15 bits per heavy atom. The lowest BCUT2D eigenvalue weighted by molar-refractivity contribution is 0.0689. The van der Waals surface area contributed by atoms with Crippen molar-refractivity contribution in [2.45, 2.75) is 25.4 Å². The molecule has 0 aromatic carbocycles. The zero-order valence-electron chi connectivity index (χ0n) is 6.88. The van der Waals surface area contributed by atoms with Crippen LogP contribution in [0.15, 0.2) is 0 Å². The molecule has 0 fully saturated rings. The third-order valence-electron chi connectivity index (χ3n) is 2.29. The first-order valence-electron chi connectivity index (χ1n) is 4.12. The number of nitrogens with one attached hydrogen (secondary N) is 1. The maximum Gasteiger partial charge on any atom is 0.356 e. The Morgan fingerprint density at radius 1 is 1.69 bits per heavy atom. The minimum Gasteiger partial charge on any atom is -0.476 e. The normalized spacial score (nSPS) is 21.2. The first kappa shape index (κ1) is 8.22. The number of aromatic carboxylic acids is 1. The number of aromatic amines is 1. The predicted octanol–water partition coefficient (Wildman–Crippen LogP) is 0.935. The van der Waals surface area contributed by atoms with E-state index >= 15 is 0 Å². The largest absolute Gasteiger partial charge is 0.476 e. The lowest BCUT2D eigenvalue weighted by atomic mass is 9.94. The van der Waals surface area contributed by atoms with E-state index in [1.165, 1.54) is 0 Å². The highest BCUT2D eigenvalue weighted by molar-refractivity contribution is 5.87. The van der Waals surface area contributed by atoms with Gasteiger partial charge in [0.1, 0.15) is 6.17 Å². The number of hydrogen-bond acceptors (Lipinski definition) is 2. The predicted molar refractivity (Wildman–Crippen MR) is 42.5 cm³/mol. The standard InChI is InChI=1S/C8H9FN2O2/c9-4-1-2-6-5(3-4)7(8(12)13)11-10-6/h4H,1-3H2,(H,10,11)(H,12,13). The van der Waals surface area contributed by atoms with E-state index in [2.05, 4.69) is 10.2 Å². The molecule has 13 heavy (non-hydrogen) atoms. The second-order valence-electron chi connectivity index (χ2n) is 3.17. The Labute approximate surface area is 73.8 Å². The van der Waals surface area contributed by atoms with Crippen molar-refractivity contribution in [1.29, 1.82) is 0 Å². The summed E-state index contributed by atoms with van der Waals surface area (Å²) >= 11 is 0. The van der Waals surface area contributed by atoms with E-state index in [0.717, 1.165) is 5.69 Å². The van der Waals surface area contributed by atoms with Crippen molar-refractivity contribution in [3.63, 3.8) is 0 Å². The number of fused-ring (bicyclic) bond motifs is 1. The van der Waals surface area contributed by atoms with E-state index in [4.69, 9.17) is 5.11 Å². The van der Waals surface area contributed by atoms with Crippen molar-refractivity contribution >= 4 is 5.97 Å². The van der Waals surface area contributed by atoms with Crippen LogP contribution in [0.5, 0.6) is 0 Å². The number of H-pyrrole nitrogens is 1. The maximum atomic E-state index is 12.9. The molecule has 1 heterocycles. The summed E-state index contributed by atoms with van der Waals surface area (Å²) in [5.41, 5.74) is 1.27. The summed E-state index contributed by atoms with van der Waals surface area (Å²) in [6, 6.07) is 0. The van der Waals surface area contributed by atoms with Crippen LogP contribution in [-0.2, 0) is 12.8 Å². The molecule has 2 rings (SSSR count). The fourth-order valence-corrected chi connectivity index (χ4v) is 1.63. The van der Waals surface area contributed by atoms with Gasteiger partial charge in [-0.2, -0.15) is 5.10 Å². The molecule has 1 aliphatic carbocycles. The summed E-state index contributed by atoms with van der Waals surface area (Å²) in [6.07, 6.45) is 0.251. The Balaban J connectivity index is 2.41. The molecule has 70 valence electrons. The maximum absolute atomic E-state index is 12.9. The minimum atomic E-state index is -1.09. The smallest absolute Gasteiger partial charge is 0.356 e. The van der Waals surface area contributed by atoms with Crippen molar-refractivity contribution < 1.29 is 14.3 Å². The first-order valence-corrected chi connectivity index (χ1v) is 4.12. The molecule has 0 spiro atoms. The monoisotopic (exact) mass is 184 g/mol. The summed E-state index contributed by atoms with van der Waals surface area (Å²) in [5, 5.41) is 15.0. The first-order chi connectivity index (χ1) is 6.18. The third-order valence-corrected chi connectivity index (χ3v) is 2.29. The van der Waals surface area contributed by atoms with Gasteiger partial charge in [-0.25, -0.2) is 9.18 Å². The number of nitrogens with zero attached hydrogens (tertiary/aromatic N) is 1. The van der Waals surface area contributed by atoms with Crippen LogP contribution < -0.4 is 0 Å². The van der Waals surface area contributed by atoms with Crippen molar-refractivity contribution in [2.75, 3.05) is 0 Å². The van der Waals surface area contributed by atoms with Crippen LogP contribution in [0.4, 0.5) is 4.39 Å². The molecule has 1 aromatic heterocycles. The molecule has 1 aromatic rings. The van der Waals surface area contributed by atoms with Gasteiger partial charge in [-0.3, -0.25) is 5.10 Å². The molecule has 0 saturated heterocycles. The number of hydrogen-bond donors (Lipinski definition) is 2. The van der Waals surface area contributed by atoms with Gasteiger partial charge in [0.05, 0.1) is 0 Å². The summed E-state index contributed by atoms with van der Waals surface area (Å²) in [5.74, 6) is -1.09. The molecule has 0 saturated carbocycles. The molecule has 0 amide bonds. The van der Waals surface area contributed by atoms with E-state index in [1.54, 1.807) is 0 Å².